The molecular formula is C14H13N3O2. The van der Waals surface area contributed by atoms with E-state index >= 15 is 0 Å². The Kier molecular flexibility index (Phi) is 3.10. The van der Waals surface area contributed by atoms with E-state index in [1.165, 1.54) is 0 Å². The number of fused-ring (bicyclic) bond motifs is 1. The SMILES string of the molecule is ON=C1CCc2c(OCc3ncccn3)cccc21. The molecule has 1 aromatic heterocycles. The molecule has 5 heteroatoms. The van der Waals surface area contributed by atoms with Gasteiger partial charge in [-0.1, -0.05) is 17.3 Å². The Balaban J connectivity index is 1.82. The van der Waals surface area contributed by atoms with E-state index in [1.807, 2.05) is 18.2 Å². The smallest absolute Gasteiger partial charge is 0.166 e. The molecule has 0 radical (unpaired) electrons. The standard InChI is InChI=1S/C14H13N3O2/c18-17-12-6-5-11-10(12)3-1-4-13(11)19-9-14-15-7-2-8-16-14/h1-4,7-8,18H,5-6,9H2. The average molecular weight is 255 g/mol. The summed E-state index contributed by atoms with van der Waals surface area (Å²) in [6.45, 7) is 0.336. The summed E-state index contributed by atoms with van der Waals surface area (Å²) in [4.78, 5) is 8.24. The topological polar surface area (TPSA) is 67.6 Å². The maximum absolute atomic E-state index is 8.94. The molecule has 1 aromatic carbocycles. The fraction of sp³-hybridized carbons (Fsp3) is 0.214. The Labute approximate surface area is 110 Å². The van der Waals surface area contributed by atoms with E-state index in [4.69, 9.17) is 9.94 Å². The van der Waals surface area contributed by atoms with Crippen molar-refractivity contribution >= 4 is 5.71 Å². The molecule has 3 rings (SSSR count). The van der Waals surface area contributed by atoms with Crippen LogP contribution in [0.15, 0.2) is 41.8 Å². The molecule has 0 unspecified atom stereocenters. The molecule has 0 spiro atoms. The number of nitrogens with zero attached hydrogens (tertiary/aromatic N) is 3. The highest BCUT2D eigenvalue weighted by atomic mass is 16.5. The summed E-state index contributed by atoms with van der Waals surface area (Å²) >= 11 is 0. The second-order valence-electron chi connectivity index (χ2n) is 4.28. The largest absolute Gasteiger partial charge is 0.485 e. The van der Waals surface area contributed by atoms with Crippen molar-refractivity contribution in [1.29, 1.82) is 0 Å². The number of benzene rings is 1. The third-order valence-electron chi connectivity index (χ3n) is 3.15. The molecule has 0 bridgehead atoms. The van der Waals surface area contributed by atoms with Crippen molar-refractivity contribution in [2.24, 2.45) is 5.16 Å². The molecule has 0 atom stereocenters. The van der Waals surface area contributed by atoms with Crippen molar-refractivity contribution in [1.82, 2.24) is 9.97 Å². The second kappa shape index (κ2) is 5.06. The lowest BCUT2D eigenvalue weighted by molar-refractivity contribution is 0.293. The van der Waals surface area contributed by atoms with Crippen molar-refractivity contribution in [2.75, 3.05) is 0 Å². The van der Waals surface area contributed by atoms with Gasteiger partial charge < -0.3 is 9.94 Å². The molecule has 5 nitrogen and oxygen atoms in total. The highest BCUT2D eigenvalue weighted by Gasteiger charge is 2.21. The zero-order valence-corrected chi connectivity index (χ0v) is 10.3. The Morgan fingerprint density at radius 1 is 1.16 bits per heavy atom. The Bertz CT molecular complexity index is 611. The molecule has 96 valence electrons. The predicted octanol–water partition coefficient (Wildman–Crippen LogP) is 2.18. The Morgan fingerprint density at radius 3 is 2.79 bits per heavy atom. The lowest BCUT2D eigenvalue weighted by Gasteiger charge is -2.09. The monoisotopic (exact) mass is 255 g/mol. The van der Waals surface area contributed by atoms with Crippen LogP contribution in [0.5, 0.6) is 5.75 Å². The summed E-state index contributed by atoms with van der Waals surface area (Å²) in [7, 11) is 0. The van der Waals surface area contributed by atoms with Crippen LogP contribution in [-0.4, -0.2) is 20.9 Å². The summed E-state index contributed by atoms with van der Waals surface area (Å²) in [6.07, 6.45) is 4.96. The Hall–Kier alpha value is -2.43. The van der Waals surface area contributed by atoms with Crippen molar-refractivity contribution in [3.05, 3.63) is 53.6 Å². The normalized spacial score (nSPS) is 15.5. The highest BCUT2D eigenvalue weighted by molar-refractivity contribution is 6.04. The van der Waals surface area contributed by atoms with Gasteiger partial charge in [0.15, 0.2) is 5.82 Å². The fourth-order valence-electron chi connectivity index (χ4n) is 2.26. The van der Waals surface area contributed by atoms with E-state index in [2.05, 4.69) is 15.1 Å². The van der Waals surface area contributed by atoms with Gasteiger partial charge in [-0.05, 0) is 25.0 Å². The van der Waals surface area contributed by atoms with E-state index in [0.29, 0.717) is 12.4 Å². The van der Waals surface area contributed by atoms with Crippen LogP contribution in [0.25, 0.3) is 0 Å². The van der Waals surface area contributed by atoms with Crippen LogP contribution in [0, 0.1) is 0 Å². The number of oxime groups is 1. The van der Waals surface area contributed by atoms with Crippen LogP contribution in [0.3, 0.4) is 0 Å². The van der Waals surface area contributed by atoms with Crippen LogP contribution >= 0.6 is 0 Å². The lowest BCUT2D eigenvalue weighted by Crippen LogP contribution is -2.02. The molecule has 1 aliphatic carbocycles. The number of aromatic nitrogens is 2. The first kappa shape index (κ1) is 11.6. The summed E-state index contributed by atoms with van der Waals surface area (Å²) in [5.74, 6) is 1.46. The molecule has 1 aliphatic rings. The minimum absolute atomic E-state index is 0.336. The number of hydrogen-bond donors (Lipinski definition) is 1. The van der Waals surface area contributed by atoms with Gasteiger partial charge in [-0.3, -0.25) is 0 Å². The van der Waals surface area contributed by atoms with Crippen molar-refractivity contribution in [3.8, 4) is 5.75 Å². The van der Waals surface area contributed by atoms with E-state index in [0.717, 1.165) is 35.4 Å². The third-order valence-corrected chi connectivity index (χ3v) is 3.15. The van der Waals surface area contributed by atoms with Crippen LogP contribution in [0.4, 0.5) is 0 Å². The fourth-order valence-corrected chi connectivity index (χ4v) is 2.26. The zero-order chi connectivity index (χ0) is 13.1. The summed E-state index contributed by atoms with van der Waals surface area (Å²) in [5.41, 5.74) is 2.77. The molecule has 0 aliphatic heterocycles. The van der Waals surface area contributed by atoms with E-state index in [9.17, 15) is 0 Å². The first-order valence-corrected chi connectivity index (χ1v) is 6.10. The van der Waals surface area contributed by atoms with Gasteiger partial charge in [0.1, 0.15) is 12.4 Å². The molecular weight excluding hydrogens is 242 g/mol. The molecule has 1 N–H and O–H groups in total. The summed E-state index contributed by atoms with van der Waals surface area (Å²) in [6, 6.07) is 7.54. The first-order chi connectivity index (χ1) is 9.38. The number of rotatable bonds is 3. The first-order valence-electron chi connectivity index (χ1n) is 6.10. The van der Waals surface area contributed by atoms with Crippen molar-refractivity contribution < 1.29 is 9.94 Å². The Morgan fingerprint density at radius 2 is 2.00 bits per heavy atom. The summed E-state index contributed by atoms with van der Waals surface area (Å²) < 4.78 is 5.77. The van der Waals surface area contributed by atoms with E-state index in [-0.39, 0.29) is 0 Å². The second-order valence-corrected chi connectivity index (χ2v) is 4.28. The third kappa shape index (κ3) is 2.27. The van der Waals surface area contributed by atoms with Crippen LogP contribution in [0.2, 0.25) is 0 Å². The minimum Gasteiger partial charge on any atom is -0.485 e. The van der Waals surface area contributed by atoms with Gasteiger partial charge in [0.25, 0.3) is 0 Å². The van der Waals surface area contributed by atoms with Crippen LogP contribution in [-0.2, 0) is 13.0 Å². The number of ether oxygens (including phenoxy) is 1. The van der Waals surface area contributed by atoms with Gasteiger partial charge in [0, 0.05) is 23.5 Å². The van der Waals surface area contributed by atoms with Crippen LogP contribution < -0.4 is 4.74 Å². The predicted molar refractivity (Wildman–Crippen MR) is 69.5 cm³/mol. The van der Waals surface area contributed by atoms with E-state index < -0.39 is 0 Å². The molecule has 2 aromatic rings. The molecule has 0 saturated carbocycles. The average Bonchev–Trinajstić information content (AvgIpc) is 2.90. The quantitative estimate of drug-likeness (QED) is 0.674. The van der Waals surface area contributed by atoms with E-state index in [1.54, 1.807) is 18.5 Å². The molecule has 0 fully saturated rings. The van der Waals surface area contributed by atoms with Crippen molar-refractivity contribution in [3.63, 3.8) is 0 Å². The number of hydrogen-bond acceptors (Lipinski definition) is 5. The molecule has 1 heterocycles. The summed E-state index contributed by atoms with van der Waals surface area (Å²) in [5, 5.41) is 12.3. The highest BCUT2D eigenvalue weighted by Crippen LogP contribution is 2.31. The molecule has 0 saturated heterocycles. The minimum atomic E-state index is 0.336. The molecule has 0 amide bonds. The van der Waals surface area contributed by atoms with Gasteiger partial charge in [0.05, 0.1) is 5.71 Å². The van der Waals surface area contributed by atoms with Gasteiger partial charge in [-0.25, -0.2) is 9.97 Å². The zero-order valence-electron chi connectivity index (χ0n) is 10.3. The van der Waals surface area contributed by atoms with Gasteiger partial charge in [0.2, 0.25) is 0 Å². The van der Waals surface area contributed by atoms with Gasteiger partial charge in [-0.2, -0.15) is 0 Å². The maximum atomic E-state index is 8.94. The lowest BCUT2D eigenvalue weighted by atomic mass is 10.1. The van der Waals surface area contributed by atoms with Crippen molar-refractivity contribution in [2.45, 2.75) is 19.4 Å². The maximum Gasteiger partial charge on any atom is 0.166 e. The van der Waals surface area contributed by atoms with Gasteiger partial charge in [-0.15, -0.1) is 0 Å². The van der Waals surface area contributed by atoms with Crippen LogP contribution in [0.1, 0.15) is 23.4 Å². The molecule has 19 heavy (non-hydrogen) atoms. The van der Waals surface area contributed by atoms with Gasteiger partial charge >= 0.3 is 0 Å².